The summed E-state index contributed by atoms with van der Waals surface area (Å²) in [6.07, 6.45) is 1.72. The highest BCUT2D eigenvalue weighted by molar-refractivity contribution is 7.17. The number of thiophene rings is 1. The minimum absolute atomic E-state index is 0.127. The molecule has 5 aromatic rings. The number of anilines is 2. The van der Waals surface area contributed by atoms with E-state index in [1.54, 1.807) is 13.3 Å². The second-order valence-corrected chi connectivity index (χ2v) is 10.7. The number of nitrogens with zero attached hydrogens (tertiary/aromatic N) is 3. The molecule has 0 atom stereocenters. The lowest BCUT2D eigenvalue weighted by Crippen LogP contribution is -2.21. The fourth-order valence-corrected chi connectivity index (χ4v) is 5.17. The zero-order chi connectivity index (χ0) is 27.9. The van der Waals surface area contributed by atoms with Gasteiger partial charge >= 0.3 is 0 Å². The van der Waals surface area contributed by atoms with Gasteiger partial charge in [-0.05, 0) is 78.8 Å². The molecule has 202 valence electrons. The van der Waals surface area contributed by atoms with E-state index in [2.05, 4.69) is 71.0 Å². The van der Waals surface area contributed by atoms with Gasteiger partial charge in [-0.1, -0.05) is 48.5 Å². The van der Waals surface area contributed by atoms with Crippen molar-refractivity contribution in [3.05, 3.63) is 113 Å². The number of hydrogen-bond donors (Lipinski definition) is 2. The molecule has 40 heavy (non-hydrogen) atoms. The Labute approximate surface area is 238 Å². The van der Waals surface area contributed by atoms with Crippen molar-refractivity contribution in [2.75, 3.05) is 26.5 Å². The van der Waals surface area contributed by atoms with Gasteiger partial charge < -0.3 is 20.3 Å². The van der Waals surface area contributed by atoms with Crippen LogP contribution in [0.1, 0.15) is 20.8 Å². The fourth-order valence-electron chi connectivity index (χ4n) is 4.28. The van der Waals surface area contributed by atoms with E-state index in [1.807, 2.05) is 54.6 Å². The molecule has 2 heterocycles. The largest absolute Gasteiger partial charge is 0.497 e. The van der Waals surface area contributed by atoms with Crippen LogP contribution in [0.25, 0.3) is 21.7 Å². The molecule has 0 bridgehead atoms. The molecule has 1 amide bonds. The molecule has 0 aliphatic heterocycles. The van der Waals surface area contributed by atoms with Crippen LogP contribution in [0.3, 0.4) is 0 Å². The van der Waals surface area contributed by atoms with Crippen LogP contribution in [-0.4, -0.2) is 42.0 Å². The first-order valence-electron chi connectivity index (χ1n) is 12.9. The highest BCUT2D eigenvalue weighted by Crippen LogP contribution is 2.29. The van der Waals surface area contributed by atoms with Gasteiger partial charge in [-0.15, -0.1) is 11.3 Å². The smallest absolute Gasteiger partial charge is 0.261 e. The van der Waals surface area contributed by atoms with Crippen LogP contribution >= 0.6 is 11.3 Å². The van der Waals surface area contributed by atoms with Crippen molar-refractivity contribution in [3.63, 3.8) is 0 Å². The van der Waals surface area contributed by atoms with Crippen molar-refractivity contribution >= 4 is 28.9 Å². The minimum atomic E-state index is -0.127. The maximum Gasteiger partial charge on any atom is 0.261 e. The van der Waals surface area contributed by atoms with Crippen molar-refractivity contribution in [1.82, 2.24) is 20.2 Å². The lowest BCUT2D eigenvalue weighted by Gasteiger charge is -2.11. The van der Waals surface area contributed by atoms with E-state index in [0.29, 0.717) is 17.4 Å². The van der Waals surface area contributed by atoms with Crippen LogP contribution in [0.4, 0.5) is 11.6 Å². The predicted octanol–water partition coefficient (Wildman–Crippen LogP) is 6.62. The molecule has 0 saturated carbocycles. The second-order valence-electron chi connectivity index (χ2n) is 9.60. The first-order valence-corrected chi connectivity index (χ1v) is 13.7. The molecule has 2 N–H and O–H groups in total. The van der Waals surface area contributed by atoms with Crippen molar-refractivity contribution in [3.8, 4) is 27.4 Å². The molecule has 0 fully saturated rings. The number of hydrogen-bond acceptors (Lipinski definition) is 7. The molecular formula is C32H31N5O2S. The average molecular weight is 550 g/mol. The highest BCUT2D eigenvalue weighted by Gasteiger charge is 2.12. The molecule has 2 aromatic heterocycles. The van der Waals surface area contributed by atoms with Gasteiger partial charge in [0, 0.05) is 25.0 Å². The molecule has 3 aromatic carbocycles. The Kier molecular flexibility index (Phi) is 8.49. The van der Waals surface area contributed by atoms with E-state index >= 15 is 0 Å². The molecule has 7 nitrogen and oxygen atoms in total. The summed E-state index contributed by atoms with van der Waals surface area (Å²) in [7, 11) is 5.77. The van der Waals surface area contributed by atoms with Gasteiger partial charge in [0.1, 0.15) is 5.75 Å². The van der Waals surface area contributed by atoms with Crippen LogP contribution in [0, 0.1) is 0 Å². The first-order chi connectivity index (χ1) is 19.5. The van der Waals surface area contributed by atoms with Gasteiger partial charge in [0.15, 0.2) is 0 Å². The first kappa shape index (κ1) is 27.1. The normalized spacial score (nSPS) is 10.9. The fraction of sp³-hybridized carbons (Fsp3) is 0.156. The highest BCUT2D eigenvalue weighted by atomic mass is 32.1. The predicted molar refractivity (Wildman–Crippen MR) is 162 cm³/mol. The summed E-state index contributed by atoms with van der Waals surface area (Å²) in [5.41, 5.74) is 6.16. The third kappa shape index (κ3) is 6.91. The van der Waals surface area contributed by atoms with E-state index < -0.39 is 0 Å². The van der Waals surface area contributed by atoms with Gasteiger partial charge in [-0.25, -0.2) is 9.97 Å². The molecule has 5 rings (SSSR count). The van der Waals surface area contributed by atoms with Crippen LogP contribution in [0.5, 0.6) is 5.75 Å². The van der Waals surface area contributed by atoms with E-state index in [4.69, 9.17) is 9.72 Å². The third-order valence-electron chi connectivity index (χ3n) is 6.23. The molecule has 0 saturated heterocycles. The van der Waals surface area contributed by atoms with Gasteiger partial charge in [0.05, 0.1) is 22.6 Å². The molecule has 0 aliphatic carbocycles. The summed E-state index contributed by atoms with van der Waals surface area (Å²) in [6.45, 7) is 1.33. The summed E-state index contributed by atoms with van der Waals surface area (Å²) >= 11 is 1.40. The SMILES string of the molecule is COc1cccc(CNC(=O)c2ccc(-c3ccnc(Nc4cccc(-c5ccc(CN(C)C)cc5)c4)n3)s2)c1. The van der Waals surface area contributed by atoms with Crippen LogP contribution in [0.15, 0.2) is 97.2 Å². The number of ether oxygens (including phenoxy) is 1. The monoisotopic (exact) mass is 549 g/mol. The van der Waals surface area contributed by atoms with Crippen LogP contribution < -0.4 is 15.4 Å². The summed E-state index contributed by atoms with van der Waals surface area (Å²) in [6, 6.07) is 30.1. The summed E-state index contributed by atoms with van der Waals surface area (Å²) in [4.78, 5) is 25.5. The topological polar surface area (TPSA) is 79.4 Å². The van der Waals surface area contributed by atoms with Gasteiger partial charge in [-0.2, -0.15) is 0 Å². The minimum Gasteiger partial charge on any atom is -0.497 e. The van der Waals surface area contributed by atoms with Crippen LogP contribution in [-0.2, 0) is 13.1 Å². The summed E-state index contributed by atoms with van der Waals surface area (Å²) in [5.74, 6) is 1.13. The molecule has 0 spiro atoms. The molecule has 0 radical (unpaired) electrons. The molecule has 8 heteroatoms. The Balaban J connectivity index is 1.25. The summed E-state index contributed by atoms with van der Waals surface area (Å²) in [5, 5.41) is 6.30. The number of benzene rings is 3. The number of carbonyl (C=O) groups excluding carboxylic acids is 1. The Bertz CT molecular complexity index is 1600. The van der Waals surface area contributed by atoms with E-state index in [0.717, 1.165) is 45.2 Å². The zero-order valence-electron chi connectivity index (χ0n) is 22.7. The van der Waals surface area contributed by atoms with E-state index in [9.17, 15) is 4.79 Å². The van der Waals surface area contributed by atoms with E-state index in [-0.39, 0.29) is 5.91 Å². The van der Waals surface area contributed by atoms with Crippen molar-refractivity contribution in [2.24, 2.45) is 0 Å². The van der Waals surface area contributed by atoms with Gasteiger partial charge in [-0.3, -0.25) is 4.79 Å². The zero-order valence-corrected chi connectivity index (χ0v) is 23.5. The lowest BCUT2D eigenvalue weighted by atomic mass is 10.0. The molecule has 0 aliphatic rings. The standard InChI is InChI=1S/C32H31N5O2S/c1-37(2)21-22-10-12-24(13-11-22)25-7-5-8-26(19-25)35-32-33-17-16-28(36-32)29-14-15-30(40-29)31(38)34-20-23-6-4-9-27(18-23)39-3/h4-19H,20-21H2,1-3H3,(H,34,38)(H,33,35,36). The number of rotatable bonds is 10. The number of carbonyl (C=O) groups is 1. The third-order valence-corrected chi connectivity index (χ3v) is 7.34. The number of amides is 1. The number of methoxy groups -OCH3 is 1. The second kappa shape index (κ2) is 12.5. The number of aromatic nitrogens is 2. The number of nitrogens with one attached hydrogen (secondary N) is 2. The quantitative estimate of drug-likeness (QED) is 0.204. The van der Waals surface area contributed by atoms with Gasteiger partial charge in [0.2, 0.25) is 5.95 Å². The van der Waals surface area contributed by atoms with Gasteiger partial charge in [0.25, 0.3) is 5.91 Å². The average Bonchev–Trinajstić information content (AvgIpc) is 3.47. The Hall–Kier alpha value is -4.53. The Morgan fingerprint density at radius 3 is 2.52 bits per heavy atom. The molecule has 0 unspecified atom stereocenters. The van der Waals surface area contributed by atoms with Crippen LogP contribution in [0.2, 0.25) is 0 Å². The van der Waals surface area contributed by atoms with Crippen molar-refractivity contribution in [2.45, 2.75) is 13.1 Å². The maximum absolute atomic E-state index is 12.8. The Morgan fingerprint density at radius 1 is 0.900 bits per heavy atom. The lowest BCUT2D eigenvalue weighted by molar-refractivity contribution is 0.0955. The van der Waals surface area contributed by atoms with Crippen molar-refractivity contribution < 1.29 is 9.53 Å². The molecular weight excluding hydrogens is 518 g/mol. The summed E-state index contributed by atoms with van der Waals surface area (Å²) < 4.78 is 5.26. The Morgan fingerprint density at radius 2 is 1.73 bits per heavy atom. The van der Waals surface area contributed by atoms with E-state index in [1.165, 1.54) is 16.9 Å². The van der Waals surface area contributed by atoms with Crippen molar-refractivity contribution in [1.29, 1.82) is 0 Å². The maximum atomic E-state index is 12.8.